The van der Waals surface area contributed by atoms with Crippen molar-refractivity contribution in [2.45, 2.75) is 37.8 Å². The lowest BCUT2D eigenvalue weighted by Crippen LogP contribution is -2.61. The van der Waals surface area contributed by atoms with Crippen molar-refractivity contribution in [2.24, 2.45) is 5.92 Å². The minimum Gasteiger partial charge on any atom is -0.448 e. The molecule has 1 aromatic carbocycles. The van der Waals surface area contributed by atoms with Gasteiger partial charge in [-0.15, -0.1) is 0 Å². The second kappa shape index (κ2) is 6.51. The van der Waals surface area contributed by atoms with Gasteiger partial charge in [0.05, 0.1) is 12.6 Å². The van der Waals surface area contributed by atoms with Gasteiger partial charge in [-0.3, -0.25) is 14.6 Å². The molecular formula is C21H27N3O3. The second-order valence-corrected chi connectivity index (χ2v) is 8.45. The SMILES string of the molecule is Cc1ccc([C@@H]2CN(C(=O)CN3CCOC3=O)[C@H]3C4CCN(CC4)[C@@H]23)cc1. The van der Waals surface area contributed by atoms with Gasteiger partial charge in [-0.25, -0.2) is 4.79 Å². The number of carbonyl (C=O) groups is 2. The van der Waals surface area contributed by atoms with Gasteiger partial charge in [0, 0.05) is 18.5 Å². The molecule has 0 aromatic heterocycles. The quantitative estimate of drug-likeness (QED) is 0.816. The molecule has 1 aromatic rings. The smallest absolute Gasteiger partial charge is 0.410 e. The highest BCUT2D eigenvalue weighted by molar-refractivity contribution is 5.83. The highest BCUT2D eigenvalue weighted by atomic mass is 16.6. The maximum absolute atomic E-state index is 13.2. The Hall–Kier alpha value is -2.08. The molecule has 6 rings (SSSR count). The summed E-state index contributed by atoms with van der Waals surface area (Å²) in [5.74, 6) is 1.02. The van der Waals surface area contributed by atoms with Crippen molar-refractivity contribution in [2.75, 3.05) is 39.3 Å². The number of likely N-dealkylation sites (tertiary alicyclic amines) is 1. The Morgan fingerprint density at radius 1 is 1.11 bits per heavy atom. The van der Waals surface area contributed by atoms with Crippen molar-refractivity contribution in [1.29, 1.82) is 0 Å². The highest BCUT2D eigenvalue weighted by Gasteiger charge is 2.54. The van der Waals surface area contributed by atoms with Gasteiger partial charge in [0.1, 0.15) is 13.2 Å². The topological polar surface area (TPSA) is 53.1 Å². The molecule has 6 heteroatoms. The van der Waals surface area contributed by atoms with Crippen LogP contribution < -0.4 is 0 Å². The molecule has 0 N–H and O–H groups in total. The number of fused-ring (bicyclic) bond motifs is 2. The van der Waals surface area contributed by atoms with Crippen molar-refractivity contribution in [3.63, 3.8) is 0 Å². The van der Waals surface area contributed by atoms with E-state index in [4.69, 9.17) is 4.74 Å². The Bertz CT molecular complexity index is 742. The first-order valence-corrected chi connectivity index (χ1v) is 10.1. The van der Waals surface area contributed by atoms with E-state index in [1.165, 1.54) is 28.9 Å². The van der Waals surface area contributed by atoms with E-state index in [-0.39, 0.29) is 24.6 Å². The van der Waals surface area contributed by atoms with Crippen LogP contribution in [0.4, 0.5) is 4.79 Å². The fourth-order valence-electron chi connectivity index (χ4n) is 5.63. The van der Waals surface area contributed by atoms with Gasteiger partial charge >= 0.3 is 6.09 Å². The van der Waals surface area contributed by atoms with Crippen LogP contribution in [0, 0.1) is 12.8 Å². The van der Waals surface area contributed by atoms with Crippen molar-refractivity contribution >= 4 is 12.0 Å². The Morgan fingerprint density at radius 2 is 1.85 bits per heavy atom. The number of amides is 2. The number of benzene rings is 1. The van der Waals surface area contributed by atoms with E-state index >= 15 is 0 Å². The Balaban J connectivity index is 1.42. The third-order valence-electron chi connectivity index (χ3n) is 6.99. The van der Waals surface area contributed by atoms with Crippen LogP contribution >= 0.6 is 0 Å². The minimum atomic E-state index is -0.358. The number of hydrogen-bond donors (Lipinski definition) is 0. The molecular weight excluding hydrogens is 342 g/mol. The van der Waals surface area contributed by atoms with E-state index in [1.807, 2.05) is 0 Å². The molecule has 2 amide bonds. The lowest BCUT2D eigenvalue weighted by molar-refractivity contribution is -0.136. The molecule has 27 heavy (non-hydrogen) atoms. The van der Waals surface area contributed by atoms with Gasteiger partial charge in [0.25, 0.3) is 0 Å². The molecule has 5 fully saturated rings. The Kier molecular flexibility index (Phi) is 4.11. The summed E-state index contributed by atoms with van der Waals surface area (Å²) < 4.78 is 4.99. The van der Waals surface area contributed by atoms with Crippen LogP contribution in [-0.2, 0) is 9.53 Å². The molecule has 5 aliphatic heterocycles. The van der Waals surface area contributed by atoms with E-state index in [0.717, 1.165) is 19.6 Å². The fraction of sp³-hybridized carbons (Fsp3) is 0.619. The van der Waals surface area contributed by atoms with Crippen LogP contribution in [0.25, 0.3) is 0 Å². The summed E-state index contributed by atoms with van der Waals surface area (Å²) in [6.07, 6.45) is 2.00. The van der Waals surface area contributed by atoms with Gasteiger partial charge in [0.15, 0.2) is 0 Å². The average molecular weight is 369 g/mol. The molecule has 0 radical (unpaired) electrons. The largest absolute Gasteiger partial charge is 0.448 e. The number of ether oxygens (including phenoxy) is 1. The molecule has 0 aliphatic carbocycles. The molecule has 5 aliphatic rings. The number of carbonyl (C=O) groups excluding carboxylic acids is 2. The number of rotatable bonds is 3. The molecule has 6 nitrogen and oxygen atoms in total. The monoisotopic (exact) mass is 369 g/mol. The average Bonchev–Trinajstić information content (AvgIpc) is 3.29. The Labute approximate surface area is 160 Å². The second-order valence-electron chi connectivity index (χ2n) is 8.45. The number of nitrogens with zero attached hydrogens (tertiary/aromatic N) is 3. The number of hydrogen-bond acceptors (Lipinski definition) is 4. The number of aryl methyl sites for hydroxylation is 1. The van der Waals surface area contributed by atoms with Crippen LogP contribution in [0.2, 0.25) is 0 Å². The predicted octanol–water partition coefficient (Wildman–Crippen LogP) is 1.84. The minimum absolute atomic E-state index is 0.0761. The maximum Gasteiger partial charge on any atom is 0.410 e. The first kappa shape index (κ1) is 17.0. The zero-order valence-electron chi connectivity index (χ0n) is 15.8. The summed E-state index contributed by atoms with van der Waals surface area (Å²) in [7, 11) is 0. The standard InChI is InChI=1S/C21H27N3O3/c1-14-2-4-15(5-3-14)17-12-24(18(25)13-23-10-11-27-21(23)26)19-16-6-8-22(9-7-16)20(17)19/h2-5,16-17,19-20H,6-13H2,1H3/t17-,19-,20-/m0/s1. The predicted molar refractivity (Wildman–Crippen MR) is 100 cm³/mol. The molecule has 0 unspecified atom stereocenters. The third-order valence-corrected chi connectivity index (χ3v) is 6.99. The van der Waals surface area contributed by atoms with Crippen molar-refractivity contribution in [3.8, 4) is 0 Å². The maximum atomic E-state index is 13.2. The van der Waals surface area contributed by atoms with E-state index in [1.54, 1.807) is 0 Å². The summed E-state index contributed by atoms with van der Waals surface area (Å²) in [6.45, 7) is 6.22. The molecule has 2 bridgehead atoms. The lowest BCUT2D eigenvalue weighted by Gasteiger charge is -2.51. The summed E-state index contributed by atoms with van der Waals surface area (Å²) in [4.78, 5) is 31.2. The Morgan fingerprint density at radius 3 is 2.52 bits per heavy atom. The molecule has 3 atom stereocenters. The molecule has 5 saturated heterocycles. The lowest BCUT2D eigenvalue weighted by atomic mass is 9.75. The summed E-state index contributed by atoms with van der Waals surface area (Å²) >= 11 is 0. The van der Waals surface area contributed by atoms with Crippen molar-refractivity contribution < 1.29 is 14.3 Å². The van der Waals surface area contributed by atoms with Crippen LogP contribution in [0.3, 0.4) is 0 Å². The fourth-order valence-corrected chi connectivity index (χ4v) is 5.63. The molecule has 5 heterocycles. The van der Waals surface area contributed by atoms with E-state index in [2.05, 4.69) is 41.0 Å². The summed E-state index contributed by atoms with van der Waals surface area (Å²) in [5, 5.41) is 0. The van der Waals surface area contributed by atoms with Crippen LogP contribution in [0.1, 0.15) is 29.9 Å². The first-order chi connectivity index (χ1) is 13.1. The van der Waals surface area contributed by atoms with E-state index in [9.17, 15) is 9.59 Å². The van der Waals surface area contributed by atoms with Crippen LogP contribution in [0.5, 0.6) is 0 Å². The normalized spacial score (nSPS) is 34.7. The van der Waals surface area contributed by atoms with Gasteiger partial charge in [-0.1, -0.05) is 29.8 Å². The van der Waals surface area contributed by atoms with E-state index < -0.39 is 0 Å². The van der Waals surface area contributed by atoms with Crippen LogP contribution in [-0.4, -0.2) is 78.1 Å². The van der Waals surface area contributed by atoms with Crippen LogP contribution in [0.15, 0.2) is 24.3 Å². The first-order valence-electron chi connectivity index (χ1n) is 10.1. The number of cyclic esters (lactones) is 1. The van der Waals surface area contributed by atoms with Gasteiger partial charge in [-0.05, 0) is 44.3 Å². The molecule has 0 saturated carbocycles. The molecule has 144 valence electrons. The van der Waals surface area contributed by atoms with Gasteiger partial charge < -0.3 is 9.64 Å². The number of piperidine rings is 3. The third kappa shape index (κ3) is 2.81. The van der Waals surface area contributed by atoms with Crippen molar-refractivity contribution in [1.82, 2.24) is 14.7 Å². The van der Waals surface area contributed by atoms with Gasteiger partial charge in [-0.2, -0.15) is 0 Å². The summed E-state index contributed by atoms with van der Waals surface area (Å²) in [6, 6.07) is 9.50. The van der Waals surface area contributed by atoms with Crippen molar-refractivity contribution in [3.05, 3.63) is 35.4 Å². The highest BCUT2D eigenvalue weighted by Crippen LogP contribution is 2.46. The zero-order valence-corrected chi connectivity index (χ0v) is 15.8. The summed E-state index contributed by atoms with van der Waals surface area (Å²) in [5.41, 5.74) is 2.60. The van der Waals surface area contributed by atoms with E-state index in [0.29, 0.717) is 31.0 Å². The van der Waals surface area contributed by atoms with Gasteiger partial charge in [0.2, 0.25) is 5.91 Å². The molecule has 0 spiro atoms. The zero-order chi connectivity index (χ0) is 18.5.